The molecule has 0 amide bonds. The summed E-state index contributed by atoms with van der Waals surface area (Å²) >= 11 is 0. The Labute approximate surface area is 109 Å². The van der Waals surface area contributed by atoms with E-state index in [2.05, 4.69) is 4.74 Å². The molecule has 0 radical (unpaired) electrons. The van der Waals surface area contributed by atoms with E-state index in [4.69, 9.17) is 4.74 Å². The van der Waals surface area contributed by atoms with Crippen molar-refractivity contribution in [3.63, 3.8) is 0 Å². The lowest BCUT2D eigenvalue weighted by molar-refractivity contribution is -0.274. The highest BCUT2D eigenvalue weighted by atomic mass is 19.4. The second kappa shape index (κ2) is 7.13. The molecule has 106 valence electrons. The zero-order valence-electron chi connectivity index (χ0n) is 10.5. The third-order valence-electron chi connectivity index (χ3n) is 2.29. The number of benzene rings is 1. The van der Waals surface area contributed by atoms with Gasteiger partial charge in [0.2, 0.25) is 0 Å². The Kier molecular flexibility index (Phi) is 5.82. The minimum absolute atomic E-state index is 0.207. The van der Waals surface area contributed by atoms with Gasteiger partial charge in [-0.1, -0.05) is 12.1 Å². The van der Waals surface area contributed by atoms with Crippen LogP contribution in [-0.4, -0.2) is 25.4 Å². The van der Waals surface area contributed by atoms with E-state index < -0.39 is 6.36 Å². The maximum Gasteiger partial charge on any atom is 0.573 e. The molecular weight excluding hydrogens is 261 g/mol. The van der Waals surface area contributed by atoms with E-state index in [1.807, 2.05) is 6.92 Å². The zero-order valence-corrected chi connectivity index (χ0v) is 10.5. The summed E-state index contributed by atoms with van der Waals surface area (Å²) in [5.41, 5.74) is 0.207. The minimum atomic E-state index is -4.75. The van der Waals surface area contributed by atoms with Gasteiger partial charge in [0, 0.05) is 25.2 Å². The van der Waals surface area contributed by atoms with Gasteiger partial charge in [-0.3, -0.25) is 4.79 Å². The number of ketones is 1. The minimum Gasteiger partial charge on any atom is -0.406 e. The Morgan fingerprint density at radius 3 is 2.68 bits per heavy atom. The summed E-state index contributed by atoms with van der Waals surface area (Å²) in [5.74, 6) is -0.615. The van der Waals surface area contributed by atoms with Gasteiger partial charge in [0.25, 0.3) is 0 Å². The van der Waals surface area contributed by atoms with Gasteiger partial charge in [-0.15, -0.1) is 13.2 Å². The summed E-state index contributed by atoms with van der Waals surface area (Å²) in [7, 11) is 0. The molecule has 1 aromatic rings. The summed E-state index contributed by atoms with van der Waals surface area (Å²) in [4.78, 5) is 11.7. The maximum atomic E-state index is 12.0. The van der Waals surface area contributed by atoms with Crippen LogP contribution in [0.4, 0.5) is 13.2 Å². The van der Waals surface area contributed by atoms with Gasteiger partial charge in [-0.25, -0.2) is 0 Å². The number of hydrogen-bond donors (Lipinski definition) is 0. The molecule has 19 heavy (non-hydrogen) atoms. The van der Waals surface area contributed by atoms with Crippen molar-refractivity contribution in [1.82, 2.24) is 0 Å². The van der Waals surface area contributed by atoms with E-state index in [1.165, 1.54) is 12.1 Å². The third-order valence-corrected chi connectivity index (χ3v) is 2.29. The van der Waals surface area contributed by atoms with E-state index in [1.54, 1.807) is 0 Å². The topological polar surface area (TPSA) is 35.5 Å². The normalized spacial score (nSPS) is 11.4. The van der Waals surface area contributed by atoms with Crippen LogP contribution in [0.15, 0.2) is 24.3 Å². The van der Waals surface area contributed by atoms with Gasteiger partial charge in [0.1, 0.15) is 5.75 Å². The molecule has 6 heteroatoms. The number of halogens is 3. The molecule has 0 saturated carbocycles. The fourth-order valence-corrected chi connectivity index (χ4v) is 1.49. The first-order chi connectivity index (χ1) is 8.92. The molecule has 0 aliphatic rings. The predicted molar refractivity (Wildman–Crippen MR) is 63.2 cm³/mol. The van der Waals surface area contributed by atoms with Crippen LogP contribution < -0.4 is 4.74 Å². The SMILES string of the molecule is CCOCCCC(=O)c1cccc(OC(F)(F)F)c1. The highest BCUT2D eigenvalue weighted by Gasteiger charge is 2.31. The van der Waals surface area contributed by atoms with E-state index in [0.717, 1.165) is 12.1 Å². The Morgan fingerprint density at radius 2 is 2.05 bits per heavy atom. The lowest BCUT2D eigenvalue weighted by Crippen LogP contribution is -2.17. The number of alkyl halides is 3. The smallest absolute Gasteiger partial charge is 0.406 e. The van der Waals surface area contributed by atoms with Crippen molar-refractivity contribution in [2.24, 2.45) is 0 Å². The first kappa shape index (κ1) is 15.5. The summed E-state index contributed by atoms with van der Waals surface area (Å²) in [6.45, 7) is 2.88. The Balaban J connectivity index is 2.58. The summed E-state index contributed by atoms with van der Waals surface area (Å²) in [5, 5.41) is 0. The molecular formula is C13H15F3O3. The number of rotatable bonds is 7. The van der Waals surface area contributed by atoms with E-state index in [0.29, 0.717) is 19.6 Å². The molecule has 0 aromatic heterocycles. The van der Waals surface area contributed by atoms with Crippen LogP contribution in [0.5, 0.6) is 5.75 Å². The van der Waals surface area contributed by atoms with Crippen molar-refractivity contribution in [2.45, 2.75) is 26.1 Å². The van der Waals surface area contributed by atoms with Gasteiger partial charge in [-0.05, 0) is 25.5 Å². The number of carbonyl (C=O) groups excluding carboxylic acids is 1. The van der Waals surface area contributed by atoms with E-state index in [9.17, 15) is 18.0 Å². The second-order valence-corrected chi connectivity index (χ2v) is 3.80. The van der Waals surface area contributed by atoms with Gasteiger partial charge < -0.3 is 9.47 Å². The quantitative estimate of drug-likeness (QED) is 0.564. The molecule has 0 spiro atoms. The van der Waals surface area contributed by atoms with Gasteiger partial charge in [-0.2, -0.15) is 0 Å². The lowest BCUT2D eigenvalue weighted by Gasteiger charge is -2.09. The Bertz CT molecular complexity index is 416. The number of ether oxygens (including phenoxy) is 2. The number of carbonyl (C=O) groups is 1. The lowest BCUT2D eigenvalue weighted by atomic mass is 10.1. The van der Waals surface area contributed by atoms with Crippen LogP contribution in [-0.2, 0) is 4.74 Å². The largest absolute Gasteiger partial charge is 0.573 e. The van der Waals surface area contributed by atoms with Crippen LogP contribution in [0, 0.1) is 0 Å². The van der Waals surface area contributed by atoms with E-state index in [-0.39, 0.29) is 23.5 Å². The van der Waals surface area contributed by atoms with Crippen molar-refractivity contribution >= 4 is 5.78 Å². The Hall–Kier alpha value is -1.56. The van der Waals surface area contributed by atoms with Crippen molar-refractivity contribution < 1.29 is 27.4 Å². The molecule has 3 nitrogen and oxygen atoms in total. The fraction of sp³-hybridized carbons (Fsp3) is 0.462. The van der Waals surface area contributed by atoms with Gasteiger partial charge in [0.15, 0.2) is 5.78 Å². The molecule has 1 aromatic carbocycles. The Morgan fingerprint density at radius 1 is 1.32 bits per heavy atom. The summed E-state index contributed by atoms with van der Waals surface area (Å²) in [6.07, 6.45) is -3.98. The third kappa shape index (κ3) is 6.24. The van der Waals surface area contributed by atoms with Crippen molar-refractivity contribution in [3.05, 3.63) is 29.8 Å². The molecule has 0 atom stereocenters. The average molecular weight is 276 g/mol. The van der Waals surface area contributed by atoms with Crippen molar-refractivity contribution in [2.75, 3.05) is 13.2 Å². The van der Waals surface area contributed by atoms with Crippen LogP contribution in [0.2, 0.25) is 0 Å². The van der Waals surface area contributed by atoms with E-state index >= 15 is 0 Å². The van der Waals surface area contributed by atoms with Crippen molar-refractivity contribution in [1.29, 1.82) is 0 Å². The van der Waals surface area contributed by atoms with Crippen LogP contribution in [0.1, 0.15) is 30.1 Å². The first-order valence-electron chi connectivity index (χ1n) is 5.89. The molecule has 0 unspecified atom stereocenters. The van der Waals surface area contributed by atoms with Crippen molar-refractivity contribution in [3.8, 4) is 5.75 Å². The molecule has 0 fully saturated rings. The molecule has 0 heterocycles. The predicted octanol–water partition coefficient (Wildman–Crippen LogP) is 3.58. The first-order valence-corrected chi connectivity index (χ1v) is 5.89. The summed E-state index contributed by atoms with van der Waals surface area (Å²) in [6, 6.07) is 5.07. The monoisotopic (exact) mass is 276 g/mol. The number of Topliss-reactive ketones (excluding diaryl/α,β-unsaturated/α-hetero) is 1. The van der Waals surface area contributed by atoms with Gasteiger partial charge >= 0.3 is 6.36 Å². The zero-order chi connectivity index (χ0) is 14.3. The second-order valence-electron chi connectivity index (χ2n) is 3.80. The standard InChI is InChI=1S/C13H15F3O3/c1-2-18-8-4-7-12(17)10-5-3-6-11(9-10)19-13(14,15)16/h3,5-6,9H,2,4,7-8H2,1H3. The molecule has 0 bridgehead atoms. The van der Waals surface area contributed by atoms with Gasteiger partial charge in [0.05, 0.1) is 0 Å². The van der Waals surface area contributed by atoms with Crippen LogP contribution in [0.3, 0.4) is 0 Å². The maximum absolute atomic E-state index is 12.0. The molecule has 0 aliphatic carbocycles. The molecule has 0 aliphatic heterocycles. The number of hydrogen-bond acceptors (Lipinski definition) is 3. The van der Waals surface area contributed by atoms with Crippen LogP contribution >= 0.6 is 0 Å². The molecule has 1 rings (SSSR count). The highest BCUT2D eigenvalue weighted by molar-refractivity contribution is 5.96. The molecule has 0 saturated heterocycles. The molecule has 0 N–H and O–H groups in total. The highest BCUT2D eigenvalue weighted by Crippen LogP contribution is 2.23. The van der Waals surface area contributed by atoms with Crippen LogP contribution in [0.25, 0.3) is 0 Å². The summed E-state index contributed by atoms with van der Waals surface area (Å²) < 4.78 is 45.0. The average Bonchev–Trinajstić information content (AvgIpc) is 2.32. The fourth-order valence-electron chi connectivity index (χ4n) is 1.49.